The van der Waals surface area contributed by atoms with E-state index in [4.69, 9.17) is 12.2 Å². The number of carbonyl (C=O) groups is 2. The van der Waals surface area contributed by atoms with Gasteiger partial charge in [0, 0.05) is 28.3 Å². The molecule has 7 heteroatoms. The quantitative estimate of drug-likeness (QED) is 0.467. The van der Waals surface area contributed by atoms with E-state index in [0.717, 1.165) is 14.8 Å². The molecule has 2 rings (SSSR count). The highest BCUT2D eigenvalue weighted by Gasteiger charge is 2.08. The minimum absolute atomic E-state index is 0.0154. The lowest BCUT2D eigenvalue weighted by molar-refractivity contribution is -0.120. The Kier molecular flexibility index (Phi) is 7.32. The van der Waals surface area contributed by atoms with Crippen LogP contribution in [-0.2, 0) is 11.2 Å². The highest BCUT2D eigenvalue weighted by Crippen LogP contribution is 2.12. The van der Waals surface area contributed by atoms with Crippen LogP contribution >= 0.6 is 34.8 Å². The molecule has 3 N–H and O–H groups in total. The van der Waals surface area contributed by atoms with Crippen molar-refractivity contribution in [1.82, 2.24) is 10.6 Å². The molecule has 0 saturated heterocycles. The van der Waals surface area contributed by atoms with Crippen LogP contribution in [0.25, 0.3) is 0 Å². The molecule has 2 amide bonds. The zero-order valence-electron chi connectivity index (χ0n) is 13.6. The Morgan fingerprint density at radius 1 is 1.12 bits per heavy atom. The zero-order chi connectivity index (χ0) is 18.2. The number of benzene rings is 2. The van der Waals surface area contributed by atoms with Gasteiger partial charge in [-0.15, -0.1) is 0 Å². The minimum Gasteiger partial charge on any atom is -0.359 e. The largest absolute Gasteiger partial charge is 0.359 e. The van der Waals surface area contributed by atoms with Gasteiger partial charge in [0.05, 0.1) is 0 Å². The number of thiocarbonyl (C=S) groups is 1. The van der Waals surface area contributed by atoms with Gasteiger partial charge in [-0.05, 0) is 77.1 Å². The van der Waals surface area contributed by atoms with Crippen molar-refractivity contribution in [3.05, 3.63) is 63.2 Å². The molecule has 0 bridgehead atoms. The summed E-state index contributed by atoms with van der Waals surface area (Å²) in [6.07, 6.45) is 1.13. The van der Waals surface area contributed by atoms with E-state index in [1.165, 1.54) is 0 Å². The van der Waals surface area contributed by atoms with Crippen molar-refractivity contribution in [3.63, 3.8) is 0 Å². The summed E-state index contributed by atoms with van der Waals surface area (Å²) >= 11 is 7.33. The van der Waals surface area contributed by atoms with Gasteiger partial charge >= 0.3 is 0 Å². The fourth-order valence-electron chi connectivity index (χ4n) is 2.10. The minimum atomic E-state index is -0.252. The van der Waals surface area contributed by atoms with E-state index in [9.17, 15) is 9.59 Å². The van der Waals surface area contributed by atoms with Gasteiger partial charge < -0.3 is 10.6 Å². The van der Waals surface area contributed by atoms with E-state index < -0.39 is 0 Å². The Hall–Kier alpha value is -2.00. The van der Waals surface area contributed by atoms with Crippen molar-refractivity contribution in [2.24, 2.45) is 0 Å². The van der Waals surface area contributed by atoms with E-state index >= 15 is 0 Å². The van der Waals surface area contributed by atoms with Crippen LogP contribution in [0.5, 0.6) is 0 Å². The van der Waals surface area contributed by atoms with Crippen LogP contribution < -0.4 is 16.0 Å². The standard InChI is InChI=1S/C18H18IN3O2S/c1-20-16(23)10-7-12-5-8-15(9-6-12)21-18(25)22-17(24)13-3-2-4-14(19)11-13/h2-6,8-9,11H,7,10H2,1H3,(H,20,23)(H2,21,22,24,25). The Balaban J connectivity index is 1.88. The van der Waals surface area contributed by atoms with Crippen LogP contribution in [0.1, 0.15) is 22.3 Å². The highest BCUT2D eigenvalue weighted by molar-refractivity contribution is 14.1. The molecule has 25 heavy (non-hydrogen) atoms. The predicted molar refractivity (Wildman–Crippen MR) is 112 cm³/mol. The molecule has 0 saturated carbocycles. The first-order chi connectivity index (χ1) is 12.0. The third kappa shape index (κ3) is 6.43. The lowest BCUT2D eigenvalue weighted by atomic mass is 10.1. The molecule has 0 aliphatic rings. The molecule has 0 spiro atoms. The van der Waals surface area contributed by atoms with Crippen LogP contribution in [0.2, 0.25) is 0 Å². The SMILES string of the molecule is CNC(=O)CCc1ccc(NC(=S)NC(=O)c2cccc(I)c2)cc1. The third-order valence-electron chi connectivity index (χ3n) is 3.45. The van der Waals surface area contributed by atoms with Gasteiger partial charge in [-0.1, -0.05) is 18.2 Å². The molecule has 0 aliphatic carbocycles. The van der Waals surface area contributed by atoms with Gasteiger partial charge in [-0.25, -0.2) is 0 Å². The number of hydrogen-bond donors (Lipinski definition) is 3. The molecular weight excluding hydrogens is 449 g/mol. The smallest absolute Gasteiger partial charge is 0.257 e. The normalized spacial score (nSPS) is 10.0. The Labute approximate surface area is 165 Å². The van der Waals surface area contributed by atoms with Gasteiger partial charge in [-0.3, -0.25) is 14.9 Å². The van der Waals surface area contributed by atoms with Crippen LogP contribution in [0.4, 0.5) is 5.69 Å². The third-order valence-corrected chi connectivity index (χ3v) is 4.32. The van der Waals surface area contributed by atoms with Crippen molar-refractivity contribution in [2.75, 3.05) is 12.4 Å². The maximum absolute atomic E-state index is 12.1. The molecule has 0 heterocycles. The summed E-state index contributed by atoms with van der Waals surface area (Å²) in [7, 11) is 1.63. The molecule has 2 aromatic carbocycles. The van der Waals surface area contributed by atoms with Crippen molar-refractivity contribution in [1.29, 1.82) is 0 Å². The maximum Gasteiger partial charge on any atom is 0.257 e. The second kappa shape index (κ2) is 9.47. The molecule has 2 aromatic rings. The number of aryl methyl sites for hydroxylation is 1. The Bertz CT molecular complexity index is 778. The molecule has 0 aliphatic heterocycles. The van der Waals surface area contributed by atoms with Crippen molar-refractivity contribution >= 4 is 57.4 Å². The van der Waals surface area contributed by atoms with E-state index in [1.807, 2.05) is 36.4 Å². The molecule has 130 valence electrons. The van der Waals surface area contributed by atoms with E-state index in [0.29, 0.717) is 18.4 Å². The van der Waals surface area contributed by atoms with Crippen LogP contribution in [0.15, 0.2) is 48.5 Å². The van der Waals surface area contributed by atoms with Gasteiger partial charge in [0.25, 0.3) is 5.91 Å². The number of carbonyl (C=O) groups excluding carboxylic acids is 2. The number of rotatable bonds is 5. The molecule has 0 fully saturated rings. The van der Waals surface area contributed by atoms with E-state index in [-0.39, 0.29) is 16.9 Å². The monoisotopic (exact) mass is 467 g/mol. The van der Waals surface area contributed by atoms with Gasteiger partial charge in [0.15, 0.2) is 5.11 Å². The number of halogens is 1. The summed E-state index contributed by atoms with van der Waals surface area (Å²) in [4.78, 5) is 23.4. The van der Waals surface area contributed by atoms with Crippen LogP contribution in [0.3, 0.4) is 0 Å². The fraction of sp³-hybridized carbons (Fsp3) is 0.167. The first-order valence-electron chi connectivity index (χ1n) is 7.65. The summed E-state index contributed by atoms with van der Waals surface area (Å²) in [5.41, 5.74) is 2.39. The van der Waals surface area contributed by atoms with Crippen molar-refractivity contribution in [2.45, 2.75) is 12.8 Å². The van der Waals surface area contributed by atoms with Gasteiger partial charge in [-0.2, -0.15) is 0 Å². The predicted octanol–water partition coefficient (Wildman–Crippen LogP) is 3.10. The second-order valence-electron chi connectivity index (χ2n) is 5.29. The molecule has 0 aromatic heterocycles. The number of hydrogen-bond acceptors (Lipinski definition) is 3. The molecule has 0 radical (unpaired) electrons. The Morgan fingerprint density at radius 2 is 1.84 bits per heavy atom. The van der Waals surface area contributed by atoms with Crippen LogP contribution in [0, 0.1) is 3.57 Å². The van der Waals surface area contributed by atoms with Gasteiger partial charge in [0.2, 0.25) is 5.91 Å². The first kappa shape index (κ1) is 19.3. The molecule has 0 unspecified atom stereocenters. The first-order valence-corrected chi connectivity index (χ1v) is 9.14. The van der Waals surface area contributed by atoms with Gasteiger partial charge in [0.1, 0.15) is 0 Å². The topological polar surface area (TPSA) is 70.2 Å². The highest BCUT2D eigenvalue weighted by atomic mass is 127. The number of nitrogens with one attached hydrogen (secondary N) is 3. The zero-order valence-corrected chi connectivity index (χ0v) is 16.6. The molecule has 5 nitrogen and oxygen atoms in total. The summed E-state index contributed by atoms with van der Waals surface area (Å²) in [5, 5.41) is 8.47. The maximum atomic E-state index is 12.1. The van der Waals surface area contributed by atoms with E-state index in [2.05, 4.69) is 38.5 Å². The Morgan fingerprint density at radius 3 is 2.48 bits per heavy atom. The second-order valence-corrected chi connectivity index (χ2v) is 6.94. The fourth-order valence-corrected chi connectivity index (χ4v) is 2.86. The summed E-state index contributed by atoms with van der Waals surface area (Å²) in [5.74, 6) is -0.236. The summed E-state index contributed by atoms with van der Waals surface area (Å²) < 4.78 is 0.983. The van der Waals surface area contributed by atoms with Crippen molar-refractivity contribution in [3.8, 4) is 0 Å². The lowest BCUT2D eigenvalue weighted by Gasteiger charge is -2.10. The van der Waals surface area contributed by atoms with Crippen LogP contribution in [-0.4, -0.2) is 24.0 Å². The summed E-state index contributed by atoms with van der Waals surface area (Å²) in [6.45, 7) is 0. The summed E-state index contributed by atoms with van der Waals surface area (Å²) in [6, 6.07) is 14.8. The van der Waals surface area contributed by atoms with Crippen molar-refractivity contribution < 1.29 is 9.59 Å². The average molecular weight is 467 g/mol. The molecule has 0 atom stereocenters. The lowest BCUT2D eigenvalue weighted by Crippen LogP contribution is -2.34. The number of anilines is 1. The van der Waals surface area contributed by atoms with E-state index in [1.54, 1.807) is 19.2 Å². The number of amides is 2. The molecular formula is C18H18IN3O2S. The average Bonchev–Trinajstić information content (AvgIpc) is 2.60.